The molecule has 0 bridgehead atoms. The van der Waals surface area contributed by atoms with Crippen LogP contribution in [0.5, 0.6) is 0 Å². The highest BCUT2D eigenvalue weighted by Crippen LogP contribution is 2.12. The van der Waals surface area contributed by atoms with Crippen LogP contribution in [0.4, 0.5) is 0 Å². The van der Waals surface area contributed by atoms with Crippen molar-refractivity contribution in [1.82, 2.24) is 20.5 Å². The third-order valence-electron chi connectivity index (χ3n) is 1.72. The number of hydrogen-bond donors (Lipinski definition) is 4. The van der Waals surface area contributed by atoms with Gasteiger partial charge in [-0.1, -0.05) is 0 Å². The zero-order chi connectivity index (χ0) is 9.84. The summed E-state index contributed by atoms with van der Waals surface area (Å²) in [4.78, 5) is 4.08. The first-order valence-corrected chi connectivity index (χ1v) is 4.05. The van der Waals surface area contributed by atoms with Crippen molar-refractivity contribution >= 4 is 0 Å². The molecule has 13 heavy (non-hydrogen) atoms. The van der Waals surface area contributed by atoms with Gasteiger partial charge in [0.05, 0.1) is 6.04 Å². The van der Waals surface area contributed by atoms with Gasteiger partial charge in [-0.3, -0.25) is 5.10 Å². The van der Waals surface area contributed by atoms with E-state index in [1.165, 1.54) is 0 Å². The summed E-state index contributed by atoms with van der Waals surface area (Å²) in [5.74, 6) is 1.26. The second-order valence-corrected chi connectivity index (χ2v) is 2.84. The van der Waals surface area contributed by atoms with E-state index in [0.717, 1.165) is 0 Å². The minimum Gasteiger partial charge on any atom is -0.368 e. The third-order valence-corrected chi connectivity index (χ3v) is 1.72. The van der Waals surface area contributed by atoms with Gasteiger partial charge in [-0.25, -0.2) is 4.98 Å². The third kappa shape index (κ3) is 2.76. The summed E-state index contributed by atoms with van der Waals surface area (Å²) in [5, 5.41) is 27.1. The summed E-state index contributed by atoms with van der Waals surface area (Å²) in [6.07, 6.45) is -1.18. The molecule has 0 radical (unpaired) electrons. The molecule has 1 heterocycles. The van der Waals surface area contributed by atoms with Crippen molar-refractivity contribution in [3.8, 4) is 0 Å². The normalized spacial score (nSPS) is 13.6. The molecule has 1 aromatic heterocycles. The minimum absolute atomic E-state index is 0.174. The molecule has 0 aliphatic rings. The van der Waals surface area contributed by atoms with Crippen molar-refractivity contribution in [1.29, 1.82) is 0 Å². The number of aromatic nitrogens is 3. The number of hydrogen-bond acceptors (Lipinski definition) is 5. The average Bonchev–Trinajstić information content (AvgIpc) is 2.47. The number of nitrogens with zero attached hydrogens (tertiary/aromatic N) is 2. The number of aryl methyl sites for hydroxylation is 1. The molecular formula is C7H14N4O2. The maximum atomic E-state index is 8.77. The van der Waals surface area contributed by atoms with Crippen molar-refractivity contribution in [3.63, 3.8) is 0 Å². The lowest BCUT2D eigenvalue weighted by Gasteiger charge is -2.12. The SMILES string of the molecule is CN[C@@H](CC(O)O)c1n[nH]c(C)n1. The van der Waals surface area contributed by atoms with Gasteiger partial charge >= 0.3 is 0 Å². The van der Waals surface area contributed by atoms with Gasteiger partial charge in [-0.2, -0.15) is 5.10 Å². The van der Waals surface area contributed by atoms with E-state index in [1.807, 2.05) is 0 Å². The minimum atomic E-state index is -1.35. The van der Waals surface area contributed by atoms with Crippen LogP contribution in [-0.4, -0.2) is 38.7 Å². The van der Waals surface area contributed by atoms with Gasteiger partial charge in [0.1, 0.15) is 5.82 Å². The van der Waals surface area contributed by atoms with Crippen molar-refractivity contribution in [2.45, 2.75) is 25.7 Å². The van der Waals surface area contributed by atoms with Crippen LogP contribution in [0.2, 0.25) is 0 Å². The quantitative estimate of drug-likeness (QED) is 0.456. The predicted octanol–water partition coefficient (Wildman–Crippen LogP) is -0.926. The Balaban J connectivity index is 2.66. The van der Waals surface area contributed by atoms with Crippen molar-refractivity contribution < 1.29 is 10.2 Å². The van der Waals surface area contributed by atoms with Crippen LogP contribution < -0.4 is 5.32 Å². The highest BCUT2D eigenvalue weighted by Gasteiger charge is 2.16. The molecule has 0 aliphatic carbocycles. The molecule has 0 fully saturated rings. The fraction of sp³-hybridized carbons (Fsp3) is 0.714. The summed E-state index contributed by atoms with van der Waals surface area (Å²) in [6, 6.07) is -0.232. The summed E-state index contributed by atoms with van der Waals surface area (Å²) >= 11 is 0. The fourth-order valence-electron chi connectivity index (χ4n) is 1.08. The summed E-state index contributed by atoms with van der Waals surface area (Å²) in [7, 11) is 1.72. The van der Waals surface area contributed by atoms with Gasteiger partial charge in [-0.05, 0) is 14.0 Å². The van der Waals surface area contributed by atoms with Gasteiger partial charge in [-0.15, -0.1) is 0 Å². The predicted molar refractivity (Wildman–Crippen MR) is 45.8 cm³/mol. The van der Waals surface area contributed by atoms with Gasteiger partial charge in [0, 0.05) is 6.42 Å². The van der Waals surface area contributed by atoms with Crippen molar-refractivity contribution in [2.75, 3.05) is 7.05 Å². The number of aliphatic hydroxyl groups is 2. The van der Waals surface area contributed by atoms with Crippen molar-refractivity contribution in [3.05, 3.63) is 11.6 Å². The zero-order valence-corrected chi connectivity index (χ0v) is 7.65. The molecule has 0 aliphatic heterocycles. The molecule has 0 spiro atoms. The average molecular weight is 186 g/mol. The topological polar surface area (TPSA) is 94.1 Å². The largest absolute Gasteiger partial charge is 0.368 e. The molecule has 74 valence electrons. The van der Waals surface area contributed by atoms with E-state index in [9.17, 15) is 0 Å². The van der Waals surface area contributed by atoms with Crippen LogP contribution in [0, 0.1) is 6.92 Å². The summed E-state index contributed by atoms with van der Waals surface area (Å²) < 4.78 is 0. The highest BCUT2D eigenvalue weighted by molar-refractivity contribution is 4.95. The molecule has 6 heteroatoms. The second kappa shape index (κ2) is 4.31. The summed E-state index contributed by atoms with van der Waals surface area (Å²) in [6.45, 7) is 1.79. The lowest BCUT2D eigenvalue weighted by atomic mass is 10.2. The van der Waals surface area contributed by atoms with E-state index < -0.39 is 6.29 Å². The van der Waals surface area contributed by atoms with Crippen LogP contribution in [0.3, 0.4) is 0 Å². The maximum absolute atomic E-state index is 8.77. The molecule has 1 atom stereocenters. The Morgan fingerprint density at radius 3 is 2.62 bits per heavy atom. The van der Waals surface area contributed by atoms with E-state index in [1.54, 1.807) is 14.0 Å². The molecule has 1 aromatic rings. The zero-order valence-electron chi connectivity index (χ0n) is 7.65. The van der Waals surface area contributed by atoms with E-state index in [-0.39, 0.29) is 12.5 Å². The van der Waals surface area contributed by atoms with Crippen molar-refractivity contribution in [2.24, 2.45) is 0 Å². The number of aromatic amines is 1. The van der Waals surface area contributed by atoms with Crippen LogP contribution in [0.1, 0.15) is 24.1 Å². The maximum Gasteiger partial charge on any atom is 0.167 e. The van der Waals surface area contributed by atoms with Gasteiger partial charge in [0.25, 0.3) is 0 Å². The van der Waals surface area contributed by atoms with E-state index in [4.69, 9.17) is 10.2 Å². The van der Waals surface area contributed by atoms with Crippen LogP contribution >= 0.6 is 0 Å². The monoisotopic (exact) mass is 186 g/mol. The molecule has 4 N–H and O–H groups in total. The Bertz CT molecular complexity index is 261. The number of aliphatic hydroxyl groups excluding tert-OH is 1. The Hall–Kier alpha value is -0.980. The lowest BCUT2D eigenvalue weighted by Crippen LogP contribution is -2.23. The van der Waals surface area contributed by atoms with E-state index in [0.29, 0.717) is 11.6 Å². The fourth-order valence-corrected chi connectivity index (χ4v) is 1.08. The first kappa shape index (κ1) is 10.1. The van der Waals surface area contributed by atoms with Gasteiger partial charge < -0.3 is 15.5 Å². The molecule has 0 amide bonds. The van der Waals surface area contributed by atoms with Gasteiger partial charge in [0.2, 0.25) is 0 Å². The molecule has 1 rings (SSSR count). The van der Waals surface area contributed by atoms with Crippen LogP contribution in [0.15, 0.2) is 0 Å². The Kier molecular flexibility index (Phi) is 3.35. The molecular weight excluding hydrogens is 172 g/mol. The lowest BCUT2D eigenvalue weighted by molar-refractivity contribution is -0.0519. The van der Waals surface area contributed by atoms with Crippen LogP contribution in [0.25, 0.3) is 0 Å². The molecule has 0 saturated heterocycles. The van der Waals surface area contributed by atoms with Crippen LogP contribution in [-0.2, 0) is 0 Å². The Morgan fingerprint density at radius 1 is 1.54 bits per heavy atom. The highest BCUT2D eigenvalue weighted by atomic mass is 16.5. The van der Waals surface area contributed by atoms with E-state index in [2.05, 4.69) is 20.5 Å². The molecule has 0 saturated carbocycles. The molecule has 0 unspecified atom stereocenters. The number of H-pyrrole nitrogens is 1. The first-order valence-electron chi connectivity index (χ1n) is 4.05. The molecule has 0 aromatic carbocycles. The summed E-state index contributed by atoms with van der Waals surface area (Å²) in [5.41, 5.74) is 0. The standard InChI is InChI=1S/C7H14N4O2/c1-4-9-7(11-10-4)5(8-2)3-6(12)13/h5-6,8,12-13H,3H2,1-2H3,(H,9,10,11)/t5-/m0/s1. The smallest absolute Gasteiger partial charge is 0.167 e. The Labute approximate surface area is 76.0 Å². The van der Waals surface area contributed by atoms with Gasteiger partial charge in [0.15, 0.2) is 12.1 Å². The Morgan fingerprint density at radius 2 is 2.23 bits per heavy atom. The first-order chi connectivity index (χ1) is 6.13. The molecule has 6 nitrogen and oxygen atoms in total. The number of rotatable bonds is 4. The number of nitrogens with one attached hydrogen (secondary N) is 2. The second-order valence-electron chi connectivity index (χ2n) is 2.84. The van der Waals surface area contributed by atoms with E-state index >= 15 is 0 Å².